The highest BCUT2D eigenvalue weighted by Crippen LogP contribution is 2.06. The molecule has 0 aromatic carbocycles. The van der Waals surface area contributed by atoms with Crippen molar-refractivity contribution in [1.82, 2.24) is 10.3 Å². The van der Waals surface area contributed by atoms with Crippen molar-refractivity contribution in [3.63, 3.8) is 0 Å². The number of halogens is 1. The number of carbonyl (C=O) groups is 2. The zero-order valence-corrected chi connectivity index (χ0v) is 9.81. The van der Waals surface area contributed by atoms with Gasteiger partial charge >= 0.3 is 12.0 Å². The summed E-state index contributed by atoms with van der Waals surface area (Å²) in [5, 5.41) is 13.4. The molecule has 1 atom stereocenters. The molecule has 0 bridgehead atoms. The summed E-state index contributed by atoms with van der Waals surface area (Å²) in [7, 11) is 0. The second-order valence-electron chi connectivity index (χ2n) is 3.82. The predicted octanol–water partition coefficient (Wildman–Crippen LogP) is 1.60. The first-order chi connectivity index (χ1) is 8.47. The molecule has 1 aromatic rings. The van der Waals surface area contributed by atoms with Gasteiger partial charge in [-0.15, -0.1) is 0 Å². The molecule has 0 spiro atoms. The van der Waals surface area contributed by atoms with Crippen LogP contribution >= 0.6 is 0 Å². The van der Waals surface area contributed by atoms with E-state index in [4.69, 9.17) is 5.11 Å². The lowest BCUT2D eigenvalue weighted by Gasteiger charge is -2.13. The first-order valence-electron chi connectivity index (χ1n) is 5.37. The van der Waals surface area contributed by atoms with Crippen molar-refractivity contribution in [2.24, 2.45) is 0 Å². The van der Waals surface area contributed by atoms with Crippen LogP contribution in [-0.4, -0.2) is 28.1 Å². The number of pyridine rings is 1. The van der Waals surface area contributed by atoms with Gasteiger partial charge in [0.15, 0.2) is 0 Å². The zero-order valence-electron chi connectivity index (χ0n) is 9.81. The molecule has 2 amide bonds. The van der Waals surface area contributed by atoms with E-state index in [1.54, 1.807) is 6.92 Å². The molecule has 18 heavy (non-hydrogen) atoms. The molecular weight excluding hydrogens is 241 g/mol. The van der Waals surface area contributed by atoms with Gasteiger partial charge in [-0.3, -0.25) is 9.78 Å². The molecule has 1 unspecified atom stereocenters. The fraction of sp³-hybridized carbons (Fsp3) is 0.364. The minimum Gasteiger partial charge on any atom is -0.481 e. The third kappa shape index (κ3) is 5.24. The maximum absolute atomic E-state index is 12.8. The van der Waals surface area contributed by atoms with Gasteiger partial charge in [0.05, 0.1) is 18.1 Å². The van der Waals surface area contributed by atoms with E-state index in [9.17, 15) is 14.0 Å². The summed E-state index contributed by atoms with van der Waals surface area (Å²) in [6.07, 6.45) is 2.64. The van der Waals surface area contributed by atoms with E-state index in [1.165, 1.54) is 6.20 Å². The van der Waals surface area contributed by atoms with Crippen molar-refractivity contribution in [1.29, 1.82) is 0 Å². The molecular formula is C11H14FN3O3. The maximum atomic E-state index is 12.8. The maximum Gasteiger partial charge on any atom is 0.319 e. The quantitative estimate of drug-likeness (QED) is 0.745. The van der Waals surface area contributed by atoms with Crippen LogP contribution in [0.5, 0.6) is 0 Å². The van der Waals surface area contributed by atoms with Crippen LogP contribution in [0.15, 0.2) is 18.5 Å². The Morgan fingerprint density at radius 3 is 2.83 bits per heavy atom. The number of carbonyl (C=O) groups excluding carboxylic acids is 1. The second-order valence-corrected chi connectivity index (χ2v) is 3.82. The summed E-state index contributed by atoms with van der Waals surface area (Å²) < 4.78 is 12.8. The van der Waals surface area contributed by atoms with Crippen LogP contribution in [0.4, 0.5) is 14.9 Å². The van der Waals surface area contributed by atoms with E-state index in [0.717, 1.165) is 12.3 Å². The molecule has 3 N–H and O–H groups in total. The third-order valence-corrected chi connectivity index (χ3v) is 2.13. The van der Waals surface area contributed by atoms with Gasteiger partial charge in [-0.2, -0.15) is 0 Å². The normalized spacial score (nSPS) is 11.7. The minimum absolute atomic E-state index is 0.0248. The molecule has 0 radical (unpaired) electrons. The standard InChI is InChI=1S/C11H14FN3O3/c1-7(2-3-10(16)17)14-11(18)15-9-4-8(12)5-13-6-9/h4-7H,2-3H2,1H3,(H,16,17)(H2,14,15,18). The Morgan fingerprint density at radius 1 is 1.50 bits per heavy atom. The molecule has 7 heteroatoms. The summed E-state index contributed by atoms with van der Waals surface area (Å²) in [4.78, 5) is 25.4. The average molecular weight is 255 g/mol. The van der Waals surface area contributed by atoms with Crippen LogP contribution in [0.25, 0.3) is 0 Å². The number of carboxylic acid groups (broad SMARTS) is 1. The Bertz CT molecular complexity index is 439. The molecule has 1 heterocycles. The summed E-state index contributed by atoms with van der Waals surface area (Å²) in [5.41, 5.74) is 0.234. The van der Waals surface area contributed by atoms with Crippen LogP contribution in [0, 0.1) is 5.82 Å². The average Bonchev–Trinajstić information content (AvgIpc) is 2.26. The summed E-state index contributed by atoms with van der Waals surface area (Å²) >= 11 is 0. The van der Waals surface area contributed by atoms with E-state index >= 15 is 0 Å². The van der Waals surface area contributed by atoms with Crippen LogP contribution in [0.1, 0.15) is 19.8 Å². The highest BCUT2D eigenvalue weighted by Gasteiger charge is 2.09. The lowest BCUT2D eigenvalue weighted by atomic mass is 10.2. The first kappa shape index (κ1) is 13.9. The Balaban J connectivity index is 2.39. The number of nitrogens with one attached hydrogen (secondary N) is 2. The number of hydrogen-bond acceptors (Lipinski definition) is 3. The van der Waals surface area contributed by atoms with Gasteiger partial charge in [-0.05, 0) is 13.3 Å². The molecule has 0 aliphatic carbocycles. The Morgan fingerprint density at radius 2 is 2.22 bits per heavy atom. The molecule has 6 nitrogen and oxygen atoms in total. The summed E-state index contributed by atoms with van der Waals surface area (Å²) in [6, 6.07) is 0.317. The number of hydrogen-bond donors (Lipinski definition) is 3. The molecule has 98 valence electrons. The number of nitrogens with zero attached hydrogens (tertiary/aromatic N) is 1. The van der Waals surface area contributed by atoms with Crippen LogP contribution in [-0.2, 0) is 4.79 Å². The van der Waals surface area contributed by atoms with E-state index in [1.807, 2.05) is 0 Å². The smallest absolute Gasteiger partial charge is 0.319 e. The van der Waals surface area contributed by atoms with E-state index < -0.39 is 17.8 Å². The number of carboxylic acids is 1. The lowest BCUT2D eigenvalue weighted by molar-refractivity contribution is -0.137. The fourth-order valence-electron chi connectivity index (χ4n) is 1.28. The number of aromatic nitrogens is 1. The number of anilines is 1. The number of urea groups is 1. The van der Waals surface area contributed by atoms with Gasteiger partial charge in [0.1, 0.15) is 5.82 Å². The minimum atomic E-state index is -0.918. The fourth-order valence-corrected chi connectivity index (χ4v) is 1.28. The largest absolute Gasteiger partial charge is 0.481 e. The van der Waals surface area contributed by atoms with Crippen molar-refractivity contribution in [2.75, 3.05) is 5.32 Å². The molecule has 0 aliphatic rings. The Kier molecular flexibility index (Phi) is 5.04. The number of aliphatic carboxylic acids is 1. The lowest BCUT2D eigenvalue weighted by Crippen LogP contribution is -2.36. The molecule has 1 rings (SSSR count). The van der Waals surface area contributed by atoms with Gasteiger partial charge in [-0.25, -0.2) is 9.18 Å². The van der Waals surface area contributed by atoms with Crippen LogP contribution < -0.4 is 10.6 Å². The topological polar surface area (TPSA) is 91.3 Å². The molecule has 1 aromatic heterocycles. The van der Waals surface area contributed by atoms with E-state index in [2.05, 4.69) is 15.6 Å². The number of amides is 2. The van der Waals surface area contributed by atoms with Crippen LogP contribution in [0.2, 0.25) is 0 Å². The summed E-state index contributed by atoms with van der Waals surface area (Å²) in [5.74, 6) is -1.47. The van der Waals surface area contributed by atoms with Gasteiger partial charge in [0.25, 0.3) is 0 Å². The highest BCUT2D eigenvalue weighted by atomic mass is 19.1. The highest BCUT2D eigenvalue weighted by molar-refractivity contribution is 5.89. The Labute approximate surface area is 103 Å². The third-order valence-electron chi connectivity index (χ3n) is 2.13. The SMILES string of the molecule is CC(CCC(=O)O)NC(=O)Nc1cncc(F)c1. The Hall–Kier alpha value is -2.18. The van der Waals surface area contributed by atoms with E-state index in [0.29, 0.717) is 6.42 Å². The van der Waals surface area contributed by atoms with Gasteiger partial charge in [0.2, 0.25) is 0 Å². The van der Waals surface area contributed by atoms with Gasteiger partial charge in [-0.1, -0.05) is 0 Å². The van der Waals surface area contributed by atoms with Crippen molar-refractivity contribution < 1.29 is 19.1 Å². The van der Waals surface area contributed by atoms with Crippen molar-refractivity contribution in [3.8, 4) is 0 Å². The first-order valence-corrected chi connectivity index (χ1v) is 5.37. The van der Waals surface area contributed by atoms with Crippen molar-refractivity contribution >= 4 is 17.7 Å². The van der Waals surface area contributed by atoms with Crippen molar-refractivity contribution in [3.05, 3.63) is 24.3 Å². The predicted molar refractivity (Wildman–Crippen MR) is 62.7 cm³/mol. The molecule has 0 saturated heterocycles. The van der Waals surface area contributed by atoms with Gasteiger partial charge in [0, 0.05) is 18.5 Å². The number of rotatable bonds is 5. The monoisotopic (exact) mass is 255 g/mol. The van der Waals surface area contributed by atoms with Crippen LogP contribution in [0.3, 0.4) is 0 Å². The molecule has 0 saturated carbocycles. The summed E-state index contributed by atoms with van der Waals surface area (Å²) in [6.45, 7) is 1.69. The van der Waals surface area contributed by atoms with E-state index in [-0.39, 0.29) is 18.2 Å². The molecule has 0 aliphatic heterocycles. The molecule has 0 fully saturated rings. The van der Waals surface area contributed by atoms with Gasteiger partial charge < -0.3 is 15.7 Å². The second kappa shape index (κ2) is 6.53. The zero-order chi connectivity index (χ0) is 13.5. The van der Waals surface area contributed by atoms with Crippen molar-refractivity contribution in [2.45, 2.75) is 25.8 Å².